The van der Waals surface area contributed by atoms with Crippen LogP contribution in [0.4, 0.5) is 5.69 Å². The maximum absolute atomic E-state index is 14.2. The summed E-state index contributed by atoms with van der Waals surface area (Å²) in [6.45, 7) is 0.0215. The van der Waals surface area contributed by atoms with Gasteiger partial charge in [0, 0.05) is 31.0 Å². The number of hydrogen-bond donors (Lipinski definition) is 1. The van der Waals surface area contributed by atoms with Crippen molar-refractivity contribution in [2.75, 3.05) is 11.7 Å². The molecule has 10 heteroatoms. The molecule has 1 N–H and O–H groups in total. The van der Waals surface area contributed by atoms with Crippen molar-refractivity contribution in [1.29, 1.82) is 0 Å². The number of anilines is 1. The predicted molar refractivity (Wildman–Crippen MR) is 141 cm³/mol. The van der Waals surface area contributed by atoms with E-state index in [4.69, 9.17) is 9.47 Å². The van der Waals surface area contributed by atoms with Crippen LogP contribution in [0.2, 0.25) is 0 Å². The maximum atomic E-state index is 14.2. The minimum atomic E-state index is -0.903. The van der Waals surface area contributed by atoms with E-state index in [2.05, 4.69) is 15.6 Å². The van der Waals surface area contributed by atoms with Crippen LogP contribution < -0.4 is 19.7 Å². The third-order valence-corrected chi connectivity index (χ3v) is 7.33. The molecule has 1 aliphatic heterocycles. The van der Waals surface area contributed by atoms with Crippen molar-refractivity contribution in [3.05, 3.63) is 66.5 Å². The summed E-state index contributed by atoms with van der Waals surface area (Å²) < 4.78 is 14.6. The molecule has 2 amide bonds. The van der Waals surface area contributed by atoms with Crippen LogP contribution in [0.25, 0.3) is 11.0 Å². The van der Waals surface area contributed by atoms with E-state index in [0.29, 0.717) is 28.4 Å². The molecule has 38 heavy (non-hydrogen) atoms. The fraction of sp³-hybridized carbons (Fsp3) is 0.357. The Labute approximate surface area is 220 Å². The number of aromatic nitrogens is 4. The quantitative estimate of drug-likeness (QED) is 0.403. The third-order valence-electron chi connectivity index (χ3n) is 7.33. The van der Waals surface area contributed by atoms with Gasteiger partial charge in [0.1, 0.15) is 12.1 Å². The topological polar surface area (TPSA) is 104 Å². The second-order valence-corrected chi connectivity index (χ2v) is 9.83. The zero-order valence-corrected chi connectivity index (χ0v) is 21.2. The van der Waals surface area contributed by atoms with Gasteiger partial charge in [-0.1, -0.05) is 36.6 Å². The first-order valence-electron chi connectivity index (χ1n) is 13.0. The van der Waals surface area contributed by atoms with Crippen molar-refractivity contribution in [2.24, 2.45) is 7.05 Å². The third kappa shape index (κ3) is 4.57. The Balaban J connectivity index is 1.41. The molecule has 196 valence electrons. The van der Waals surface area contributed by atoms with Gasteiger partial charge < -0.3 is 19.4 Å². The number of para-hydroxylation sites is 1. The number of aryl methyl sites for hydroxylation is 1. The highest BCUT2D eigenvalue weighted by Gasteiger charge is 2.36. The summed E-state index contributed by atoms with van der Waals surface area (Å²) in [6, 6.07) is 15.7. The Morgan fingerprint density at radius 1 is 1.05 bits per heavy atom. The molecule has 1 saturated carbocycles. The number of nitrogens with one attached hydrogen (secondary N) is 1. The molecule has 3 heterocycles. The van der Waals surface area contributed by atoms with Crippen molar-refractivity contribution >= 4 is 28.5 Å². The number of nitrogens with zero attached hydrogens (tertiary/aromatic N) is 5. The van der Waals surface area contributed by atoms with Crippen LogP contribution in [-0.4, -0.2) is 44.2 Å². The van der Waals surface area contributed by atoms with E-state index in [1.54, 1.807) is 27.8 Å². The van der Waals surface area contributed by atoms with Crippen LogP contribution in [0.5, 0.6) is 11.5 Å². The molecule has 2 aliphatic rings. The van der Waals surface area contributed by atoms with Gasteiger partial charge in [0.25, 0.3) is 0 Å². The van der Waals surface area contributed by atoms with Crippen LogP contribution >= 0.6 is 0 Å². The van der Waals surface area contributed by atoms with Crippen LogP contribution in [0, 0.1) is 0 Å². The monoisotopic (exact) mass is 514 g/mol. The Morgan fingerprint density at radius 2 is 1.87 bits per heavy atom. The van der Waals surface area contributed by atoms with Gasteiger partial charge in [-0.3, -0.25) is 14.5 Å². The van der Waals surface area contributed by atoms with Gasteiger partial charge in [0.15, 0.2) is 17.5 Å². The van der Waals surface area contributed by atoms with Gasteiger partial charge in [0.2, 0.25) is 18.6 Å². The molecule has 0 spiro atoms. The second-order valence-electron chi connectivity index (χ2n) is 9.83. The number of ether oxygens (including phenoxy) is 2. The summed E-state index contributed by atoms with van der Waals surface area (Å²) in [6.07, 6.45) is 7.11. The maximum Gasteiger partial charge on any atom is 0.249 e. The number of amides is 2. The first kappa shape index (κ1) is 24.0. The molecule has 4 aromatic rings. The molecule has 2 aromatic heterocycles. The molecule has 10 nitrogen and oxygen atoms in total. The standard InChI is InChI=1S/C28H30N6O4/c1-32-15-7-12-23(32)27(28(36)29-19-8-3-2-4-9-19)34(20-13-14-24-25(16-20)38-18-37-24)26(35)17-33-22-11-6-5-10-21(22)30-31-33/h5-7,10-16,19,27H,2-4,8-9,17-18H2,1H3,(H,29,36)/t27-/m0/s1. The first-order chi connectivity index (χ1) is 18.6. The summed E-state index contributed by atoms with van der Waals surface area (Å²) in [5.41, 5.74) is 2.68. The molecule has 1 atom stereocenters. The highest BCUT2D eigenvalue weighted by atomic mass is 16.7. The zero-order valence-electron chi connectivity index (χ0n) is 21.2. The summed E-state index contributed by atoms with van der Waals surface area (Å²) in [4.78, 5) is 29.7. The van der Waals surface area contributed by atoms with Crippen LogP contribution in [-0.2, 0) is 23.2 Å². The van der Waals surface area contributed by atoms with E-state index in [1.807, 2.05) is 54.2 Å². The SMILES string of the molecule is Cn1cccc1[C@@H](C(=O)NC1CCCCC1)N(C(=O)Cn1nnc2ccccc21)c1ccc2c(c1)OCO2. The largest absolute Gasteiger partial charge is 0.454 e. The number of hydrogen-bond acceptors (Lipinski definition) is 6. The van der Waals surface area contributed by atoms with Crippen LogP contribution in [0.15, 0.2) is 60.8 Å². The molecule has 6 rings (SSSR count). The fourth-order valence-electron chi connectivity index (χ4n) is 5.38. The van der Waals surface area contributed by atoms with Gasteiger partial charge in [-0.25, -0.2) is 4.68 Å². The van der Waals surface area contributed by atoms with E-state index >= 15 is 0 Å². The van der Waals surface area contributed by atoms with Crippen molar-refractivity contribution in [2.45, 2.75) is 50.7 Å². The van der Waals surface area contributed by atoms with Gasteiger partial charge in [-0.05, 0) is 49.2 Å². The fourth-order valence-corrected chi connectivity index (χ4v) is 5.38. The van der Waals surface area contributed by atoms with Gasteiger partial charge >= 0.3 is 0 Å². The van der Waals surface area contributed by atoms with Crippen LogP contribution in [0.1, 0.15) is 43.8 Å². The number of rotatable bonds is 7. The number of fused-ring (bicyclic) bond motifs is 2. The molecule has 2 aromatic carbocycles. The molecular formula is C28H30N6O4. The number of carbonyl (C=O) groups excluding carboxylic acids is 2. The molecule has 0 saturated heterocycles. The van der Waals surface area contributed by atoms with Crippen molar-refractivity contribution in [1.82, 2.24) is 24.9 Å². The first-order valence-corrected chi connectivity index (χ1v) is 13.0. The highest BCUT2D eigenvalue weighted by Crippen LogP contribution is 2.38. The van der Waals surface area contributed by atoms with E-state index < -0.39 is 6.04 Å². The normalized spacial score (nSPS) is 15.9. The Morgan fingerprint density at radius 3 is 2.68 bits per heavy atom. The summed E-state index contributed by atoms with van der Waals surface area (Å²) >= 11 is 0. The van der Waals surface area contributed by atoms with E-state index in [1.165, 1.54) is 6.42 Å². The van der Waals surface area contributed by atoms with E-state index in [-0.39, 0.29) is 31.2 Å². The molecule has 1 aliphatic carbocycles. The molecule has 1 fully saturated rings. The van der Waals surface area contributed by atoms with Crippen molar-refractivity contribution in [3.8, 4) is 11.5 Å². The average molecular weight is 515 g/mol. The lowest BCUT2D eigenvalue weighted by Gasteiger charge is -2.33. The molecule has 0 radical (unpaired) electrons. The minimum absolute atomic E-state index is 0.0898. The average Bonchev–Trinajstić information content (AvgIpc) is 3.67. The smallest absolute Gasteiger partial charge is 0.249 e. The van der Waals surface area contributed by atoms with Crippen molar-refractivity contribution in [3.63, 3.8) is 0 Å². The van der Waals surface area contributed by atoms with Gasteiger partial charge in [-0.15, -0.1) is 5.10 Å². The predicted octanol–water partition coefficient (Wildman–Crippen LogP) is 3.72. The van der Waals surface area contributed by atoms with Gasteiger partial charge in [-0.2, -0.15) is 0 Å². The molecular weight excluding hydrogens is 484 g/mol. The lowest BCUT2D eigenvalue weighted by atomic mass is 9.95. The second kappa shape index (κ2) is 10.2. The lowest BCUT2D eigenvalue weighted by molar-refractivity contribution is -0.127. The summed E-state index contributed by atoms with van der Waals surface area (Å²) in [5, 5.41) is 11.7. The number of carbonyl (C=O) groups is 2. The summed E-state index contributed by atoms with van der Waals surface area (Å²) in [5.74, 6) is 0.619. The van der Waals surface area contributed by atoms with Gasteiger partial charge in [0.05, 0.1) is 11.2 Å². The Bertz CT molecular complexity index is 1470. The van der Waals surface area contributed by atoms with Crippen LogP contribution in [0.3, 0.4) is 0 Å². The summed E-state index contributed by atoms with van der Waals surface area (Å²) in [7, 11) is 1.88. The lowest BCUT2D eigenvalue weighted by Crippen LogP contribution is -2.48. The van der Waals surface area contributed by atoms with E-state index in [0.717, 1.165) is 31.2 Å². The zero-order chi connectivity index (χ0) is 26.1. The Hall–Kier alpha value is -4.34. The van der Waals surface area contributed by atoms with Crippen molar-refractivity contribution < 1.29 is 19.1 Å². The molecule has 0 unspecified atom stereocenters. The van der Waals surface area contributed by atoms with E-state index in [9.17, 15) is 9.59 Å². The molecule has 0 bridgehead atoms. The number of benzene rings is 2. The minimum Gasteiger partial charge on any atom is -0.454 e. The highest BCUT2D eigenvalue weighted by molar-refractivity contribution is 6.01. The Kier molecular flexibility index (Phi) is 6.45.